The zero-order valence-electron chi connectivity index (χ0n) is 12.1. The van der Waals surface area contributed by atoms with Crippen LogP contribution in [0.15, 0.2) is 36.4 Å². The summed E-state index contributed by atoms with van der Waals surface area (Å²) >= 11 is 3.99. The maximum atomic E-state index is 5.88. The highest BCUT2D eigenvalue weighted by Gasteiger charge is 2.34. The van der Waals surface area contributed by atoms with Crippen LogP contribution in [0.4, 0.5) is 0 Å². The molecule has 106 valence electrons. The van der Waals surface area contributed by atoms with Gasteiger partial charge in [-0.2, -0.15) is 0 Å². The van der Waals surface area contributed by atoms with Crippen molar-refractivity contribution in [3.05, 3.63) is 47.5 Å². The molecule has 20 heavy (non-hydrogen) atoms. The predicted molar refractivity (Wildman–Crippen MR) is 88.5 cm³/mol. The summed E-state index contributed by atoms with van der Waals surface area (Å²) in [6.45, 7) is 5.33. The topological polar surface area (TPSA) is 9.23 Å². The second-order valence-corrected chi connectivity index (χ2v) is 6.68. The number of benzene rings is 2. The van der Waals surface area contributed by atoms with E-state index in [4.69, 9.17) is 4.74 Å². The quantitative estimate of drug-likeness (QED) is 0.684. The van der Waals surface area contributed by atoms with Crippen molar-refractivity contribution < 1.29 is 4.74 Å². The van der Waals surface area contributed by atoms with Crippen molar-refractivity contribution in [3.8, 4) is 0 Å². The van der Waals surface area contributed by atoms with Crippen molar-refractivity contribution in [1.29, 1.82) is 0 Å². The van der Waals surface area contributed by atoms with Crippen molar-refractivity contribution in [3.63, 3.8) is 0 Å². The molecule has 1 nitrogen and oxygen atoms in total. The highest BCUT2D eigenvalue weighted by atomic mass is 79.9. The standard InChI is InChI=1S/C18H21BrO/c1-3-16-15(10-11-20-16)18(19)17-12(2)8-9-13-6-4-5-7-14(13)17/h4-9,15-16,18H,3,10-11H2,1-2H3. The third-order valence-electron chi connectivity index (χ3n) is 4.50. The minimum Gasteiger partial charge on any atom is -0.378 e. The predicted octanol–water partition coefficient (Wildman–Crippen LogP) is 5.40. The summed E-state index contributed by atoms with van der Waals surface area (Å²) in [5, 5.41) is 2.70. The van der Waals surface area contributed by atoms with Gasteiger partial charge in [0.25, 0.3) is 0 Å². The first-order valence-corrected chi connectivity index (χ1v) is 8.38. The fraction of sp³-hybridized carbons (Fsp3) is 0.444. The molecule has 3 rings (SSSR count). The molecule has 0 bridgehead atoms. The lowest BCUT2D eigenvalue weighted by Crippen LogP contribution is -2.19. The van der Waals surface area contributed by atoms with Gasteiger partial charge in [-0.05, 0) is 41.7 Å². The van der Waals surface area contributed by atoms with E-state index in [1.54, 1.807) is 0 Å². The second kappa shape index (κ2) is 5.87. The van der Waals surface area contributed by atoms with Crippen LogP contribution >= 0.6 is 15.9 Å². The van der Waals surface area contributed by atoms with E-state index < -0.39 is 0 Å². The summed E-state index contributed by atoms with van der Waals surface area (Å²) in [6, 6.07) is 13.1. The molecule has 2 aromatic carbocycles. The minimum absolute atomic E-state index is 0.376. The molecule has 2 aromatic rings. The lowest BCUT2D eigenvalue weighted by Gasteiger charge is -2.25. The molecular formula is C18H21BrO. The Morgan fingerprint density at radius 2 is 2.05 bits per heavy atom. The number of halogens is 1. The third kappa shape index (κ3) is 2.40. The Morgan fingerprint density at radius 3 is 2.85 bits per heavy atom. The molecule has 1 aliphatic heterocycles. The van der Waals surface area contributed by atoms with E-state index in [0.29, 0.717) is 16.8 Å². The van der Waals surface area contributed by atoms with Gasteiger partial charge in [-0.15, -0.1) is 0 Å². The summed E-state index contributed by atoms with van der Waals surface area (Å²) in [5.41, 5.74) is 2.81. The normalized spacial score (nSPS) is 24.1. The van der Waals surface area contributed by atoms with Gasteiger partial charge in [0.2, 0.25) is 0 Å². The van der Waals surface area contributed by atoms with Crippen LogP contribution in [0.2, 0.25) is 0 Å². The summed E-state index contributed by atoms with van der Waals surface area (Å²) in [4.78, 5) is 0.376. The molecular weight excluding hydrogens is 312 g/mol. The van der Waals surface area contributed by atoms with Crippen LogP contribution in [0.1, 0.15) is 35.7 Å². The van der Waals surface area contributed by atoms with Crippen molar-refractivity contribution >= 4 is 26.7 Å². The first kappa shape index (κ1) is 14.1. The van der Waals surface area contributed by atoms with E-state index in [-0.39, 0.29) is 0 Å². The van der Waals surface area contributed by atoms with Gasteiger partial charge in [0.15, 0.2) is 0 Å². The molecule has 2 heteroatoms. The number of ether oxygens (including phenoxy) is 1. The largest absolute Gasteiger partial charge is 0.378 e. The van der Waals surface area contributed by atoms with Gasteiger partial charge < -0.3 is 4.74 Å². The molecule has 1 saturated heterocycles. The zero-order chi connectivity index (χ0) is 14.1. The average molecular weight is 333 g/mol. The molecule has 3 atom stereocenters. The maximum Gasteiger partial charge on any atom is 0.0615 e. The van der Waals surface area contributed by atoms with E-state index in [9.17, 15) is 0 Å². The van der Waals surface area contributed by atoms with E-state index in [0.717, 1.165) is 19.4 Å². The Labute approximate surface area is 129 Å². The molecule has 0 N–H and O–H groups in total. The van der Waals surface area contributed by atoms with Crippen LogP contribution in [-0.4, -0.2) is 12.7 Å². The summed E-state index contributed by atoms with van der Waals surface area (Å²) in [7, 11) is 0. The van der Waals surface area contributed by atoms with Crippen molar-refractivity contribution in [2.45, 2.75) is 37.6 Å². The van der Waals surface area contributed by atoms with Crippen LogP contribution < -0.4 is 0 Å². The molecule has 0 aliphatic carbocycles. The van der Waals surface area contributed by atoms with Gasteiger partial charge in [-0.25, -0.2) is 0 Å². The van der Waals surface area contributed by atoms with Gasteiger partial charge in [-0.1, -0.05) is 59.3 Å². The van der Waals surface area contributed by atoms with Crippen LogP contribution in [0.25, 0.3) is 10.8 Å². The van der Waals surface area contributed by atoms with Crippen molar-refractivity contribution in [1.82, 2.24) is 0 Å². The Kier molecular flexibility index (Phi) is 4.13. The van der Waals surface area contributed by atoms with E-state index in [1.165, 1.54) is 21.9 Å². The molecule has 0 spiro atoms. The average Bonchev–Trinajstić information content (AvgIpc) is 2.95. The van der Waals surface area contributed by atoms with E-state index in [2.05, 4.69) is 66.2 Å². The minimum atomic E-state index is 0.376. The third-order valence-corrected chi connectivity index (χ3v) is 5.64. The Morgan fingerprint density at radius 1 is 1.25 bits per heavy atom. The molecule has 1 heterocycles. The Hall–Kier alpha value is -0.860. The maximum absolute atomic E-state index is 5.88. The SMILES string of the molecule is CCC1OCCC1C(Br)c1c(C)ccc2ccccc12. The number of alkyl halides is 1. The van der Waals surface area contributed by atoms with Gasteiger partial charge in [0, 0.05) is 17.4 Å². The second-order valence-electron chi connectivity index (χ2n) is 5.69. The zero-order valence-corrected chi connectivity index (χ0v) is 13.7. The van der Waals surface area contributed by atoms with Crippen LogP contribution in [-0.2, 0) is 4.74 Å². The molecule has 0 aromatic heterocycles. The number of hydrogen-bond acceptors (Lipinski definition) is 1. The molecule has 0 saturated carbocycles. The molecule has 0 amide bonds. The smallest absolute Gasteiger partial charge is 0.0615 e. The fourth-order valence-corrected chi connectivity index (χ4v) is 4.62. The summed E-state index contributed by atoms with van der Waals surface area (Å²) in [6.07, 6.45) is 2.63. The summed E-state index contributed by atoms with van der Waals surface area (Å²) in [5.74, 6) is 0.574. The highest BCUT2D eigenvalue weighted by molar-refractivity contribution is 9.09. The molecule has 1 aliphatic rings. The Balaban J connectivity index is 2.06. The van der Waals surface area contributed by atoms with Crippen molar-refractivity contribution in [2.24, 2.45) is 5.92 Å². The monoisotopic (exact) mass is 332 g/mol. The number of aryl methyl sites for hydroxylation is 1. The lowest BCUT2D eigenvalue weighted by molar-refractivity contribution is 0.0873. The van der Waals surface area contributed by atoms with E-state index in [1.807, 2.05) is 0 Å². The number of rotatable bonds is 3. The fourth-order valence-electron chi connectivity index (χ4n) is 3.41. The van der Waals surface area contributed by atoms with Gasteiger partial charge in [0.1, 0.15) is 0 Å². The lowest BCUT2D eigenvalue weighted by atomic mass is 9.87. The molecule has 3 unspecified atom stereocenters. The van der Waals surface area contributed by atoms with E-state index >= 15 is 0 Å². The first-order chi connectivity index (χ1) is 9.72. The van der Waals surface area contributed by atoms with Crippen molar-refractivity contribution in [2.75, 3.05) is 6.61 Å². The number of hydrogen-bond donors (Lipinski definition) is 0. The van der Waals surface area contributed by atoms with Crippen LogP contribution in [0.5, 0.6) is 0 Å². The highest BCUT2D eigenvalue weighted by Crippen LogP contribution is 2.44. The van der Waals surface area contributed by atoms with Gasteiger partial charge >= 0.3 is 0 Å². The van der Waals surface area contributed by atoms with Crippen LogP contribution in [0, 0.1) is 12.8 Å². The molecule has 0 radical (unpaired) electrons. The van der Waals surface area contributed by atoms with Gasteiger partial charge in [-0.3, -0.25) is 0 Å². The summed E-state index contributed by atoms with van der Waals surface area (Å²) < 4.78 is 5.88. The molecule has 1 fully saturated rings. The van der Waals surface area contributed by atoms with Crippen LogP contribution in [0.3, 0.4) is 0 Å². The first-order valence-electron chi connectivity index (χ1n) is 7.46. The Bertz CT molecular complexity index is 607. The number of fused-ring (bicyclic) bond motifs is 1. The van der Waals surface area contributed by atoms with Gasteiger partial charge in [0.05, 0.1) is 6.10 Å².